The van der Waals surface area contributed by atoms with Crippen LogP contribution in [0.1, 0.15) is 18.9 Å². The quantitative estimate of drug-likeness (QED) is 0.922. The molecule has 6 heteroatoms. The lowest BCUT2D eigenvalue weighted by Crippen LogP contribution is -2.52. The number of aliphatic hydroxyl groups is 1. The minimum Gasteiger partial charge on any atom is -0.394 e. The summed E-state index contributed by atoms with van der Waals surface area (Å²) in [7, 11) is 0. The zero-order chi connectivity index (χ0) is 15.4. The standard InChI is InChI=1S/C15H19Cl2NO3/c1-10-9-21-13(8-19)7-18(10)15(20)5-3-11-2-4-12(16)6-14(11)17/h2,4,6,10,13,19H,3,5,7-9H2,1H3. The molecule has 0 radical (unpaired) electrons. The van der Waals surface area contributed by atoms with Gasteiger partial charge in [0.2, 0.25) is 5.91 Å². The summed E-state index contributed by atoms with van der Waals surface area (Å²) in [6, 6.07) is 5.33. The maximum absolute atomic E-state index is 12.3. The Bertz CT molecular complexity index is 510. The Hall–Kier alpha value is -0.810. The van der Waals surface area contributed by atoms with Crippen LogP contribution in [0, 0.1) is 0 Å². The van der Waals surface area contributed by atoms with Crippen molar-refractivity contribution < 1.29 is 14.6 Å². The van der Waals surface area contributed by atoms with Crippen molar-refractivity contribution in [2.24, 2.45) is 0 Å². The van der Waals surface area contributed by atoms with Crippen molar-refractivity contribution in [1.29, 1.82) is 0 Å². The van der Waals surface area contributed by atoms with Gasteiger partial charge in [0.15, 0.2) is 0 Å². The fraction of sp³-hybridized carbons (Fsp3) is 0.533. The van der Waals surface area contributed by atoms with Crippen LogP contribution in [0.2, 0.25) is 10.0 Å². The number of carbonyl (C=O) groups is 1. The highest BCUT2D eigenvalue weighted by Gasteiger charge is 2.28. The van der Waals surface area contributed by atoms with Crippen molar-refractivity contribution in [3.05, 3.63) is 33.8 Å². The smallest absolute Gasteiger partial charge is 0.223 e. The van der Waals surface area contributed by atoms with E-state index in [2.05, 4.69) is 0 Å². The summed E-state index contributed by atoms with van der Waals surface area (Å²) in [4.78, 5) is 14.1. The van der Waals surface area contributed by atoms with Crippen LogP contribution in [0.25, 0.3) is 0 Å². The Kier molecular flexibility index (Phi) is 5.88. The summed E-state index contributed by atoms with van der Waals surface area (Å²) in [5, 5.41) is 10.3. The molecule has 1 fully saturated rings. The predicted molar refractivity (Wildman–Crippen MR) is 82.8 cm³/mol. The molecule has 0 bridgehead atoms. The molecule has 0 saturated carbocycles. The van der Waals surface area contributed by atoms with Gasteiger partial charge in [0.25, 0.3) is 0 Å². The number of hydrogen-bond acceptors (Lipinski definition) is 3. The number of halogens is 2. The van der Waals surface area contributed by atoms with Crippen molar-refractivity contribution in [2.45, 2.75) is 31.9 Å². The highest BCUT2D eigenvalue weighted by molar-refractivity contribution is 6.35. The fourth-order valence-electron chi connectivity index (χ4n) is 2.39. The number of morpholine rings is 1. The Balaban J connectivity index is 1.94. The molecule has 1 saturated heterocycles. The number of ether oxygens (including phenoxy) is 1. The maximum Gasteiger partial charge on any atom is 0.223 e. The van der Waals surface area contributed by atoms with Crippen LogP contribution in [0.15, 0.2) is 18.2 Å². The molecule has 21 heavy (non-hydrogen) atoms. The van der Waals surface area contributed by atoms with Gasteiger partial charge in [-0.2, -0.15) is 0 Å². The molecule has 0 aromatic heterocycles. The predicted octanol–water partition coefficient (Wildman–Crippen LogP) is 2.53. The number of rotatable bonds is 4. The van der Waals surface area contributed by atoms with E-state index in [0.717, 1.165) is 5.56 Å². The van der Waals surface area contributed by atoms with Crippen LogP contribution in [-0.4, -0.2) is 47.8 Å². The third-order valence-electron chi connectivity index (χ3n) is 3.65. The van der Waals surface area contributed by atoms with E-state index in [-0.39, 0.29) is 24.7 Å². The highest BCUT2D eigenvalue weighted by Crippen LogP contribution is 2.23. The summed E-state index contributed by atoms with van der Waals surface area (Å²) < 4.78 is 5.44. The first-order valence-electron chi connectivity index (χ1n) is 6.97. The Labute approximate surface area is 134 Å². The number of benzene rings is 1. The second-order valence-corrected chi connectivity index (χ2v) is 6.11. The van der Waals surface area contributed by atoms with Gasteiger partial charge < -0.3 is 14.7 Å². The first-order valence-corrected chi connectivity index (χ1v) is 7.72. The highest BCUT2D eigenvalue weighted by atomic mass is 35.5. The van der Waals surface area contributed by atoms with Crippen LogP contribution in [0.4, 0.5) is 0 Å². The van der Waals surface area contributed by atoms with E-state index in [1.54, 1.807) is 17.0 Å². The van der Waals surface area contributed by atoms with E-state index >= 15 is 0 Å². The third kappa shape index (κ3) is 4.33. The molecule has 1 aromatic rings. The lowest BCUT2D eigenvalue weighted by molar-refractivity contribution is -0.146. The van der Waals surface area contributed by atoms with Crippen LogP contribution in [0.5, 0.6) is 0 Å². The van der Waals surface area contributed by atoms with Crippen molar-refractivity contribution in [2.75, 3.05) is 19.8 Å². The van der Waals surface area contributed by atoms with Crippen LogP contribution >= 0.6 is 23.2 Å². The summed E-state index contributed by atoms with van der Waals surface area (Å²) in [5.74, 6) is 0.0512. The summed E-state index contributed by atoms with van der Waals surface area (Å²) >= 11 is 12.0. The Morgan fingerprint density at radius 2 is 2.24 bits per heavy atom. The van der Waals surface area contributed by atoms with E-state index in [1.807, 2.05) is 13.0 Å². The second-order valence-electron chi connectivity index (χ2n) is 5.27. The first kappa shape index (κ1) is 16.6. The van der Waals surface area contributed by atoms with Gasteiger partial charge >= 0.3 is 0 Å². The minimum absolute atomic E-state index is 0.0287. The number of amides is 1. The molecule has 1 aliphatic heterocycles. The molecule has 1 amide bonds. The Morgan fingerprint density at radius 1 is 1.48 bits per heavy atom. The molecule has 4 nitrogen and oxygen atoms in total. The molecule has 1 aromatic carbocycles. The zero-order valence-electron chi connectivity index (χ0n) is 11.9. The maximum atomic E-state index is 12.3. The van der Waals surface area contributed by atoms with Gasteiger partial charge in [-0.3, -0.25) is 4.79 Å². The number of carbonyl (C=O) groups excluding carboxylic acids is 1. The summed E-state index contributed by atoms with van der Waals surface area (Å²) in [5.41, 5.74) is 0.911. The molecule has 1 heterocycles. The number of aliphatic hydroxyl groups excluding tert-OH is 1. The molecule has 1 aliphatic rings. The number of nitrogens with zero attached hydrogens (tertiary/aromatic N) is 1. The molecule has 116 valence electrons. The zero-order valence-corrected chi connectivity index (χ0v) is 13.4. The van der Waals surface area contributed by atoms with Gasteiger partial charge in [0.05, 0.1) is 25.4 Å². The van der Waals surface area contributed by atoms with E-state index in [1.165, 1.54) is 0 Å². The van der Waals surface area contributed by atoms with Crippen molar-refractivity contribution in [3.8, 4) is 0 Å². The lowest BCUT2D eigenvalue weighted by atomic mass is 10.1. The van der Waals surface area contributed by atoms with Crippen LogP contribution in [0.3, 0.4) is 0 Å². The van der Waals surface area contributed by atoms with Crippen molar-refractivity contribution in [1.82, 2.24) is 4.90 Å². The summed E-state index contributed by atoms with van der Waals surface area (Å²) in [6.07, 6.45) is 0.663. The van der Waals surface area contributed by atoms with Gasteiger partial charge in [-0.15, -0.1) is 0 Å². The lowest BCUT2D eigenvalue weighted by Gasteiger charge is -2.37. The normalized spacial score (nSPS) is 22.4. The van der Waals surface area contributed by atoms with Gasteiger partial charge in [0.1, 0.15) is 0 Å². The Morgan fingerprint density at radius 3 is 2.90 bits per heavy atom. The molecule has 2 unspecified atom stereocenters. The third-order valence-corrected chi connectivity index (χ3v) is 4.24. The molecule has 0 spiro atoms. The molecule has 1 N–H and O–H groups in total. The second kappa shape index (κ2) is 7.45. The number of hydrogen-bond donors (Lipinski definition) is 1. The molecular weight excluding hydrogens is 313 g/mol. The van der Waals surface area contributed by atoms with E-state index in [4.69, 9.17) is 33.0 Å². The van der Waals surface area contributed by atoms with E-state index in [0.29, 0.717) is 36.0 Å². The van der Waals surface area contributed by atoms with Crippen molar-refractivity contribution >= 4 is 29.1 Å². The monoisotopic (exact) mass is 331 g/mol. The van der Waals surface area contributed by atoms with Gasteiger partial charge in [-0.25, -0.2) is 0 Å². The SMILES string of the molecule is CC1COC(CO)CN1C(=O)CCc1ccc(Cl)cc1Cl. The van der Waals surface area contributed by atoms with E-state index < -0.39 is 0 Å². The average Bonchev–Trinajstić information content (AvgIpc) is 2.46. The van der Waals surface area contributed by atoms with Gasteiger partial charge in [-0.1, -0.05) is 29.3 Å². The molecule has 0 aliphatic carbocycles. The van der Waals surface area contributed by atoms with Gasteiger partial charge in [-0.05, 0) is 31.0 Å². The fourth-order valence-corrected chi connectivity index (χ4v) is 2.89. The van der Waals surface area contributed by atoms with Crippen LogP contribution < -0.4 is 0 Å². The largest absolute Gasteiger partial charge is 0.394 e. The first-order chi connectivity index (χ1) is 10.0. The van der Waals surface area contributed by atoms with E-state index in [9.17, 15) is 4.79 Å². The van der Waals surface area contributed by atoms with Gasteiger partial charge in [0, 0.05) is 23.0 Å². The molecule has 2 rings (SSSR count). The molecule has 2 atom stereocenters. The topological polar surface area (TPSA) is 49.8 Å². The summed E-state index contributed by atoms with van der Waals surface area (Å²) in [6.45, 7) is 2.77. The number of aryl methyl sites for hydroxylation is 1. The van der Waals surface area contributed by atoms with Crippen molar-refractivity contribution in [3.63, 3.8) is 0 Å². The van der Waals surface area contributed by atoms with Crippen LogP contribution in [-0.2, 0) is 16.0 Å². The average molecular weight is 332 g/mol. The molecular formula is C15H19Cl2NO3. The minimum atomic E-state index is -0.288.